The standard InChI is InChI=1S/C14H13F2N3O/c1-2-18-12-6-7-17-8-9(12)14(20)19-13-10(15)4-3-5-11(13)16/h3-8H,2H2,1H3,(H,17,18)(H,19,20). The van der Waals surface area contributed by atoms with Crippen molar-refractivity contribution in [3.8, 4) is 0 Å². The number of amides is 1. The van der Waals surface area contributed by atoms with Gasteiger partial charge in [0.15, 0.2) is 0 Å². The summed E-state index contributed by atoms with van der Waals surface area (Å²) < 4.78 is 27.0. The third-order valence-corrected chi connectivity index (χ3v) is 2.63. The predicted octanol–water partition coefficient (Wildman–Crippen LogP) is 3.04. The number of hydrogen-bond donors (Lipinski definition) is 2. The molecule has 104 valence electrons. The Hall–Kier alpha value is -2.50. The van der Waals surface area contributed by atoms with E-state index in [2.05, 4.69) is 15.6 Å². The number of aromatic nitrogens is 1. The summed E-state index contributed by atoms with van der Waals surface area (Å²) in [6.07, 6.45) is 2.87. The summed E-state index contributed by atoms with van der Waals surface area (Å²) in [5, 5.41) is 5.21. The normalized spacial score (nSPS) is 10.2. The van der Waals surface area contributed by atoms with Gasteiger partial charge in [0.05, 0.1) is 11.3 Å². The Morgan fingerprint density at radius 1 is 1.25 bits per heavy atom. The second-order valence-corrected chi connectivity index (χ2v) is 4.00. The smallest absolute Gasteiger partial charge is 0.259 e. The van der Waals surface area contributed by atoms with Gasteiger partial charge in [-0.15, -0.1) is 0 Å². The molecular weight excluding hydrogens is 264 g/mol. The van der Waals surface area contributed by atoms with E-state index in [1.54, 1.807) is 6.07 Å². The van der Waals surface area contributed by atoms with E-state index >= 15 is 0 Å². The largest absolute Gasteiger partial charge is 0.385 e. The van der Waals surface area contributed by atoms with E-state index in [1.165, 1.54) is 18.5 Å². The van der Waals surface area contributed by atoms with E-state index in [9.17, 15) is 13.6 Å². The Morgan fingerprint density at radius 2 is 1.95 bits per heavy atom. The molecule has 1 aromatic carbocycles. The van der Waals surface area contributed by atoms with Crippen LogP contribution in [0.2, 0.25) is 0 Å². The van der Waals surface area contributed by atoms with Crippen LogP contribution in [-0.4, -0.2) is 17.4 Å². The van der Waals surface area contributed by atoms with Crippen molar-refractivity contribution < 1.29 is 13.6 Å². The van der Waals surface area contributed by atoms with E-state index in [-0.39, 0.29) is 5.56 Å². The number of pyridine rings is 1. The predicted molar refractivity (Wildman–Crippen MR) is 72.7 cm³/mol. The molecule has 0 bridgehead atoms. The quantitative estimate of drug-likeness (QED) is 0.903. The molecule has 0 fully saturated rings. The first kappa shape index (κ1) is 13.9. The van der Waals surface area contributed by atoms with Gasteiger partial charge in [0.1, 0.15) is 17.3 Å². The first-order valence-electron chi connectivity index (χ1n) is 6.06. The Kier molecular flexibility index (Phi) is 4.24. The number of anilines is 2. The second-order valence-electron chi connectivity index (χ2n) is 4.00. The lowest BCUT2D eigenvalue weighted by Gasteiger charge is -2.11. The fourth-order valence-corrected chi connectivity index (χ4v) is 1.72. The van der Waals surface area contributed by atoms with Crippen LogP contribution in [0.15, 0.2) is 36.7 Å². The van der Waals surface area contributed by atoms with Crippen LogP contribution in [0.4, 0.5) is 20.2 Å². The van der Waals surface area contributed by atoms with Gasteiger partial charge in [0.2, 0.25) is 0 Å². The lowest BCUT2D eigenvalue weighted by molar-refractivity contribution is 0.102. The minimum Gasteiger partial charge on any atom is -0.385 e. The Balaban J connectivity index is 2.29. The summed E-state index contributed by atoms with van der Waals surface area (Å²) in [4.78, 5) is 15.9. The summed E-state index contributed by atoms with van der Waals surface area (Å²) >= 11 is 0. The Bertz CT molecular complexity index is 611. The Labute approximate surface area is 114 Å². The van der Waals surface area contributed by atoms with E-state index in [1.807, 2.05) is 6.92 Å². The minimum absolute atomic E-state index is 0.219. The van der Waals surface area contributed by atoms with Gasteiger partial charge < -0.3 is 10.6 Å². The average Bonchev–Trinajstić information content (AvgIpc) is 2.44. The minimum atomic E-state index is -0.827. The summed E-state index contributed by atoms with van der Waals surface area (Å²) in [6, 6.07) is 5.00. The van der Waals surface area contributed by atoms with Crippen molar-refractivity contribution in [1.29, 1.82) is 0 Å². The van der Waals surface area contributed by atoms with Crippen molar-refractivity contribution >= 4 is 17.3 Å². The molecule has 1 aromatic heterocycles. The molecule has 0 spiro atoms. The maximum absolute atomic E-state index is 13.5. The van der Waals surface area contributed by atoms with Gasteiger partial charge in [-0.25, -0.2) is 8.78 Å². The molecule has 2 aromatic rings. The SMILES string of the molecule is CCNc1ccncc1C(=O)Nc1c(F)cccc1F. The number of nitrogens with one attached hydrogen (secondary N) is 2. The van der Waals surface area contributed by atoms with Crippen LogP contribution in [0.5, 0.6) is 0 Å². The van der Waals surface area contributed by atoms with Crippen LogP contribution < -0.4 is 10.6 Å². The summed E-state index contributed by atoms with van der Waals surface area (Å²) in [5.41, 5.74) is 0.303. The number of hydrogen-bond acceptors (Lipinski definition) is 3. The molecule has 0 saturated heterocycles. The van der Waals surface area contributed by atoms with Crippen molar-refractivity contribution in [1.82, 2.24) is 4.98 Å². The van der Waals surface area contributed by atoms with Gasteiger partial charge in [-0.1, -0.05) is 6.07 Å². The van der Waals surface area contributed by atoms with E-state index < -0.39 is 23.2 Å². The molecule has 20 heavy (non-hydrogen) atoms. The third-order valence-electron chi connectivity index (χ3n) is 2.63. The first-order chi connectivity index (χ1) is 9.63. The summed E-state index contributed by atoms with van der Waals surface area (Å²) in [6.45, 7) is 2.48. The number of benzene rings is 1. The third kappa shape index (κ3) is 2.90. The zero-order valence-corrected chi connectivity index (χ0v) is 10.8. The average molecular weight is 277 g/mol. The molecule has 2 rings (SSSR count). The van der Waals surface area contributed by atoms with Gasteiger partial charge in [0, 0.05) is 18.9 Å². The van der Waals surface area contributed by atoms with Gasteiger partial charge in [-0.2, -0.15) is 0 Å². The topological polar surface area (TPSA) is 54.0 Å². The second kappa shape index (κ2) is 6.10. The zero-order chi connectivity index (χ0) is 14.5. The number of rotatable bonds is 4. The van der Waals surface area contributed by atoms with Crippen LogP contribution in [0.3, 0.4) is 0 Å². The number of carbonyl (C=O) groups is 1. The molecule has 2 N–H and O–H groups in total. The molecule has 0 aliphatic heterocycles. The van der Waals surface area contributed by atoms with E-state index in [4.69, 9.17) is 0 Å². The van der Waals surface area contributed by atoms with Crippen LogP contribution in [0.25, 0.3) is 0 Å². The molecule has 0 aliphatic carbocycles. The molecule has 6 heteroatoms. The van der Waals surface area contributed by atoms with Crippen LogP contribution in [0.1, 0.15) is 17.3 Å². The maximum atomic E-state index is 13.5. The molecule has 0 saturated carbocycles. The summed E-state index contributed by atoms with van der Waals surface area (Å²) in [7, 11) is 0. The number of para-hydroxylation sites is 1. The highest BCUT2D eigenvalue weighted by Gasteiger charge is 2.16. The van der Waals surface area contributed by atoms with E-state index in [0.29, 0.717) is 12.2 Å². The molecule has 1 heterocycles. The van der Waals surface area contributed by atoms with Crippen molar-refractivity contribution in [2.45, 2.75) is 6.92 Å². The summed E-state index contributed by atoms with van der Waals surface area (Å²) in [5.74, 6) is -2.28. The number of nitrogens with zero attached hydrogens (tertiary/aromatic N) is 1. The highest BCUT2D eigenvalue weighted by molar-refractivity contribution is 6.07. The van der Waals surface area contributed by atoms with Gasteiger partial charge in [0.25, 0.3) is 5.91 Å². The van der Waals surface area contributed by atoms with Crippen molar-refractivity contribution in [2.24, 2.45) is 0 Å². The Morgan fingerprint density at radius 3 is 2.60 bits per heavy atom. The number of carbonyl (C=O) groups excluding carboxylic acids is 1. The lowest BCUT2D eigenvalue weighted by atomic mass is 10.2. The maximum Gasteiger partial charge on any atom is 0.259 e. The molecule has 0 unspecified atom stereocenters. The molecular formula is C14H13F2N3O. The highest BCUT2D eigenvalue weighted by Crippen LogP contribution is 2.21. The highest BCUT2D eigenvalue weighted by atomic mass is 19.1. The van der Waals surface area contributed by atoms with Crippen molar-refractivity contribution in [3.05, 3.63) is 53.9 Å². The van der Waals surface area contributed by atoms with E-state index in [0.717, 1.165) is 12.1 Å². The molecule has 4 nitrogen and oxygen atoms in total. The molecule has 0 radical (unpaired) electrons. The van der Waals surface area contributed by atoms with Gasteiger partial charge in [-0.05, 0) is 25.1 Å². The van der Waals surface area contributed by atoms with Gasteiger partial charge >= 0.3 is 0 Å². The monoisotopic (exact) mass is 277 g/mol. The van der Waals surface area contributed by atoms with Crippen LogP contribution >= 0.6 is 0 Å². The molecule has 0 atom stereocenters. The molecule has 0 aliphatic rings. The van der Waals surface area contributed by atoms with Crippen LogP contribution in [-0.2, 0) is 0 Å². The lowest BCUT2D eigenvalue weighted by Crippen LogP contribution is -2.17. The fourth-order valence-electron chi connectivity index (χ4n) is 1.72. The zero-order valence-electron chi connectivity index (χ0n) is 10.8. The number of halogens is 2. The molecule has 1 amide bonds. The van der Waals surface area contributed by atoms with Gasteiger partial charge in [-0.3, -0.25) is 9.78 Å². The van der Waals surface area contributed by atoms with Crippen LogP contribution in [0, 0.1) is 11.6 Å². The van der Waals surface area contributed by atoms with Crippen molar-refractivity contribution in [3.63, 3.8) is 0 Å². The first-order valence-corrected chi connectivity index (χ1v) is 6.06. The van der Waals surface area contributed by atoms with Crippen molar-refractivity contribution in [2.75, 3.05) is 17.2 Å². The fraction of sp³-hybridized carbons (Fsp3) is 0.143.